The summed E-state index contributed by atoms with van der Waals surface area (Å²) in [6.45, 7) is 4.01. The Kier molecular flexibility index (Phi) is 4.43. The maximum atomic E-state index is 5.76. The fourth-order valence-electron chi connectivity index (χ4n) is 2.16. The van der Waals surface area contributed by atoms with Gasteiger partial charge in [0, 0.05) is 12.6 Å². The second kappa shape index (κ2) is 6.06. The van der Waals surface area contributed by atoms with E-state index in [1.54, 1.807) is 6.26 Å². The van der Waals surface area contributed by atoms with E-state index in [1.807, 2.05) is 19.1 Å². The van der Waals surface area contributed by atoms with Gasteiger partial charge in [-0.3, -0.25) is 0 Å². The van der Waals surface area contributed by atoms with Crippen molar-refractivity contribution in [1.29, 1.82) is 0 Å². The summed E-state index contributed by atoms with van der Waals surface area (Å²) >= 11 is 0. The Labute approximate surface area is 97.2 Å². The second-order valence-corrected chi connectivity index (χ2v) is 4.46. The molecule has 1 N–H and O–H groups in total. The number of piperidine rings is 1. The zero-order chi connectivity index (χ0) is 11.2. The van der Waals surface area contributed by atoms with Crippen LogP contribution in [0.1, 0.15) is 44.5 Å². The van der Waals surface area contributed by atoms with Crippen LogP contribution in [0, 0.1) is 0 Å². The summed E-state index contributed by atoms with van der Waals surface area (Å²) in [7, 11) is 0. The van der Waals surface area contributed by atoms with Gasteiger partial charge < -0.3 is 14.5 Å². The summed E-state index contributed by atoms with van der Waals surface area (Å²) in [4.78, 5) is 0. The predicted octanol–water partition coefficient (Wildman–Crippen LogP) is 2.89. The van der Waals surface area contributed by atoms with Gasteiger partial charge in [0.15, 0.2) is 0 Å². The summed E-state index contributed by atoms with van der Waals surface area (Å²) in [5.74, 6) is 0.914. The molecule has 0 radical (unpaired) electrons. The summed E-state index contributed by atoms with van der Waals surface area (Å²) < 4.78 is 11.1. The Morgan fingerprint density at radius 1 is 1.56 bits per heavy atom. The minimum Gasteiger partial charge on any atom is -0.467 e. The molecule has 1 aromatic heterocycles. The van der Waals surface area contributed by atoms with E-state index in [4.69, 9.17) is 9.15 Å². The van der Waals surface area contributed by atoms with Crippen molar-refractivity contribution in [1.82, 2.24) is 5.32 Å². The van der Waals surface area contributed by atoms with Crippen LogP contribution in [0.2, 0.25) is 0 Å². The summed E-state index contributed by atoms with van der Waals surface area (Å²) in [5.41, 5.74) is 0. The maximum Gasteiger partial charge on any atom is 0.132 e. The predicted molar refractivity (Wildman–Crippen MR) is 63.3 cm³/mol. The van der Waals surface area contributed by atoms with Crippen LogP contribution < -0.4 is 5.32 Å². The van der Waals surface area contributed by atoms with Crippen molar-refractivity contribution in [2.24, 2.45) is 0 Å². The van der Waals surface area contributed by atoms with Crippen molar-refractivity contribution in [2.45, 2.75) is 44.8 Å². The van der Waals surface area contributed by atoms with Crippen LogP contribution >= 0.6 is 0 Å². The van der Waals surface area contributed by atoms with Crippen LogP contribution in [-0.4, -0.2) is 19.2 Å². The number of furan rings is 1. The Balaban J connectivity index is 1.63. The zero-order valence-corrected chi connectivity index (χ0v) is 9.95. The number of nitrogens with one attached hydrogen (secondary N) is 1. The standard InChI is InChI=1S/C13H21NO2/c1-11(13-6-4-9-16-13)15-10-7-12-5-2-3-8-14-12/h4,6,9,11-12,14H,2-3,5,7-8,10H2,1H3. The van der Waals surface area contributed by atoms with Crippen LogP contribution in [0.4, 0.5) is 0 Å². The molecule has 0 aromatic carbocycles. The lowest BCUT2D eigenvalue weighted by atomic mass is 10.0. The van der Waals surface area contributed by atoms with Crippen molar-refractivity contribution >= 4 is 0 Å². The van der Waals surface area contributed by atoms with Gasteiger partial charge >= 0.3 is 0 Å². The van der Waals surface area contributed by atoms with Crippen molar-refractivity contribution in [3.05, 3.63) is 24.2 Å². The highest BCUT2D eigenvalue weighted by molar-refractivity contribution is 5.00. The van der Waals surface area contributed by atoms with Gasteiger partial charge in [-0.25, -0.2) is 0 Å². The molecule has 2 atom stereocenters. The largest absolute Gasteiger partial charge is 0.467 e. The van der Waals surface area contributed by atoms with Gasteiger partial charge in [0.05, 0.1) is 6.26 Å². The van der Waals surface area contributed by atoms with E-state index < -0.39 is 0 Å². The molecule has 16 heavy (non-hydrogen) atoms. The highest BCUT2D eigenvalue weighted by Crippen LogP contribution is 2.18. The highest BCUT2D eigenvalue weighted by Gasteiger charge is 2.13. The molecule has 0 spiro atoms. The molecule has 0 saturated carbocycles. The molecule has 1 aliphatic rings. The summed E-state index contributed by atoms with van der Waals surface area (Å²) in [6, 6.07) is 4.51. The van der Waals surface area contributed by atoms with E-state index in [0.717, 1.165) is 18.8 Å². The van der Waals surface area contributed by atoms with Crippen LogP contribution in [0.5, 0.6) is 0 Å². The molecule has 1 aromatic rings. The Morgan fingerprint density at radius 3 is 3.19 bits per heavy atom. The van der Waals surface area contributed by atoms with Crippen LogP contribution in [0.3, 0.4) is 0 Å². The molecule has 1 aliphatic heterocycles. The first kappa shape index (κ1) is 11.7. The van der Waals surface area contributed by atoms with E-state index in [1.165, 1.54) is 25.8 Å². The van der Waals surface area contributed by atoms with Gasteiger partial charge in [-0.2, -0.15) is 0 Å². The lowest BCUT2D eigenvalue weighted by Gasteiger charge is -2.23. The van der Waals surface area contributed by atoms with Gasteiger partial charge in [0.2, 0.25) is 0 Å². The molecule has 1 fully saturated rings. The lowest BCUT2D eigenvalue weighted by Crippen LogP contribution is -2.34. The van der Waals surface area contributed by atoms with Crippen LogP contribution in [0.15, 0.2) is 22.8 Å². The fourth-order valence-corrected chi connectivity index (χ4v) is 2.16. The number of hydrogen-bond acceptors (Lipinski definition) is 3. The molecule has 2 heterocycles. The van der Waals surface area contributed by atoms with Gasteiger partial charge in [0.1, 0.15) is 11.9 Å². The smallest absolute Gasteiger partial charge is 0.132 e. The third kappa shape index (κ3) is 3.35. The van der Waals surface area contributed by atoms with Gasteiger partial charge in [0.25, 0.3) is 0 Å². The van der Waals surface area contributed by atoms with Crippen molar-refractivity contribution in [2.75, 3.05) is 13.2 Å². The number of hydrogen-bond donors (Lipinski definition) is 1. The zero-order valence-electron chi connectivity index (χ0n) is 9.95. The van der Waals surface area contributed by atoms with Crippen LogP contribution in [0.25, 0.3) is 0 Å². The minimum atomic E-state index is 0.0681. The van der Waals surface area contributed by atoms with E-state index >= 15 is 0 Å². The molecule has 90 valence electrons. The van der Waals surface area contributed by atoms with Gasteiger partial charge in [-0.05, 0) is 44.9 Å². The second-order valence-electron chi connectivity index (χ2n) is 4.46. The Bertz CT molecular complexity index is 278. The maximum absolute atomic E-state index is 5.76. The summed E-state index contributed by atoms with van der Waals surface area (Å²) in [6.07, 6.45) is 6.83. The molecule has 0 aliphatic carbocycles. The van der Waals surface area contributed by atoms with Crippen molar-refractivity contribution in [3.63, 3.8) is 0 Å². The van der Waals surface area contributed by atoms with Crippen molar-refractivity contribution in [3.8, 4) is 0 Å². The first-order valence-electron chi connectivity index (χ1n) is 6.24. The topological polar surface area (TPSA) is 34.4 Å². The normalized spacial score (nSPS) is 23.2. The molecule has 0 amide bonds. The molecule has 1 saturated heterocycles. The average molecular weight is 223 g/mol. The van der Waals surface area contributed by atoms with Crippen molar-refractivity contribution < 1.29 is 9.15 Å². The minimum absolute atomic E-state index is 0.0681. The molecule has 3 heteroatoms. The highest BCUT2D eigenvalue weighted by atomic mass is 16.5. The molecule has 0 bridgehead atoms. The monoisotopic (exact) mass is 223 g/mol. The third-order valence-electron chi connectivity index (χ3n) is 3.19. The first-order valence-corrected chi connectivity index (χ1v) is 6.24. The fraction of sp³-hybridized carbons (Fsp3) is 0.692. The molecule has 2 unspecified atom stereocenters. The van der Waals surface area contributed by atoms with Gasteiger partial charge in [-0.15, -0.1) is 0 Å². The van der Waals surface area contributed by atoms with Crippen LogP contribution in [-0.2, 0) is 4.74 Å². The van der Waals surface area contributed by atoms with E-state index in [-0.39, 0.29) is 6.10 Å². The SMILES string of the molecule is CC(OCCC1CCCCN1)c1ccco1. The molecular formula is C13H21NO2. The Hall–Kier alpha value is -0.800. The Morgan fingerprint density at radius 2 is 2.50 bits per heavy atom. The van der Waals surface area contributed by atoms with E-state index in [0.29, 0.717) is 6.04 Å². The lowest BCUT2D eigenvalue weighted by molar-refractivity contribution is 0.0433. The summed E-state index contributed by atoms with van der Waals surface area (Å²) in [5, 5.41) is 3.52. The molecule has 2 rings (SSSR count). The van der Waals surface area contributed by atoms with E-state index in [9.17, 15) is 0 Å². The third-order valence-corrected chi connectivity index (χ3v) is 3.19. The first-order chi connectivity index (χ1) is 7.86. The number of rotatable bonds is 5. The average Bonchev–Trinajstić information content (AvgIpc) is 2.84. The molecule has 3 nitrogen and oxygen atoms in total. The quantitative estimate of drug-likeness (QED) is 0.833. The molecular weight excluding hydrogens is 202 g/mol. The van der Waals surface area contributed by atoms with Gasteiger partial charge in [-0.1, -0.05) is 6.42 Å². The number of ether oxygens (including phenoxy) is 1. The van der Waals surface area contributed by atoms with E-state index in [2.05, 4.69) is 5.32 Å².